The number of hydrogen-bond donors (Lipinski definition) is 1. The van der Waals surface area contributed by atoms with Crippen molar-refractivity contribution in [2.45, 2.75) is 44.7 Å². The maximum Gasteiger partial charge on any atom is 0.0419 e. The van der Waals surface area contributed by atoms with Crippen LogP contribution in [0.15, 0.2) is 24.4 Å². The van der Waals surface area contributed by atoms with Gasteiger partial charge in [0, 0.05) is 29.9 Å². The van der Waals surface area contributed by atoms with Crippen LogP contribution >= 0.6 is 0 Å². The van der Waals surface area contributed by atoms with E-state index in [0.29, 0.717) is 0 Å². The fourth-order valence-corrected chi connectivity index (χ4v) is 2.67. The molecular formula is C14H25N3. The molecule has 3 nitrogen and oxygen atoms in total. The van der Waals surface area contributed by atoms with E-state index in [0.717, 1.165) is 25.0 Å². The Hall–Kier alpha value is -0.930. The van der Waals surface area contributed by atoms with E-state index in [9.17, 15) is 0 Å². The minimum Gasteiger partial charge on any atom is -0.326 e. The third-order valence-corrected chi connectivity index (χ3v) is 3.96. The van der Waals surface area contributed by atoms with Crippen LogP contribution in [0.1, 0.15) is 32.4 Å². The summed E-state index contributed by atoms with van der Waals surface area (Å²) in [7, 11) is 4.23. The first kappa shape index (κ1) is 14.1. The topological polar surface area (TPSA) is 42.1 Å². The average Bonchev–Trinajstić information content (AvgIpc) is 2.32. The van der Waals surface area contributed by atoms with Gasteiger partial charge >= 0.3 is 0 Å². The van der Waals surface area contributed by atoms with Crippen LogP contribution in [0, 0.1) is 0 Å². The molecule has 0 aliphatic heterocycles. The molecule has 0 spiro atoms. The Kier molecular flexibility index (Phi) is 5.09. The van der Waals surface area contributed by atoms with Crippen molar-refractivity contribution in [3.8, 4) is 0 Å². The molecule has 0 radical (unpaired) electrons. The minimum atomic E-state index is 0.0670. The lowest BCUT2D eigenvalue weighted by Gasteiger charge is -2.43. The second-order valence-electron chi connectivity index (χ2n) is 4.84. The third kappa shape index (κ3) is 3.05. The second kappa shape index (κ2) is 6.12. The molecule has 3 heteroatoms. The lowest BCUT2D eigenvalue weighted by Crippen LogP contribution is -2.57. The van der Waals surface area contributed by atoms with E-state index in [4.69, 9.17) is 5.73 Å². The van der Waals surface area contributed by atoms with Crippen LogP contribution in [0.4, 0.5) is 0 Å². The van der Waals surface area contributed by atoms with E-state index in [1.54, 1.807) is 0 Å². The van der Waals surface area contributed by atoms with E-state index in [2.05, 4.69) is 37.8 Å². The number of hydrogen-bond acceptors (Lipinski definition) is 3. The zero-order valence-corrected chi connectivity index (χ0v) is 11.5. The predicted octanol–water partition coefficient (Wildman–Crippen LogP) is 2.07. The van der Waals surface area contributed by atoms with Gasteiger partial charge in [0.25, 0.3) is 0 Å². The molecule has 0 aliphatic rings. The van der Waals surface area contributed by atoms with Gasteiger partial charge in [0.2, 0.25) is 0 Å². The number of aromatic nitrogens is 1. The molecule has 0 bridgehead atoms. The molecule has 17 heavy (non-hydrogen) atoms. The first-order valence-corrected chi connectivity index (χ1v) is 6.39. The number of nitrogens with zero attached hydrogens (tertiary/aromatic N) is 2. The normalized spacial score (nSPS) is 14.0. The Balaban J connectivity index is 2.83. The van der Waals surface area contributed by atoms with Gasteiger partial charge in [0.15, 0.2) is 0 Å². The highest BCUT2D eigenvalue weighted by Crippen LogP contribution is 2.26. The highest BCUT2D eigenvalue weighted by atomic mass is 15.2. The van der Waals surface area contributed by atoms with Crippen molar-refractivity contribution >= 4 is 0 Å². The number of likely N-dealkylation sites (N-methyl/N-ethyl adjacent to an activating group) is 1. The van der Waals surface area contributed by atoms with Crippen molar-refractivity contribution in [3.05, 3.63) is 30.1 Å². The van der Waals surface area contributed by atoms with E-state index in [-0.39, 0.29) is 11.6 Å². The molecule has 0 amide bonds. The van der Waals surface area contributed by atoms with Crippen LogP contribution in [-0.2, 0) is 6.42 Å². The SMILES string of the molecule is CCC(CC)(C(N)Cc1ccccn1)N(C)C. The zero-order valence-electron chi connectivity index (χ0n) is 11.5. The molecule has 0 saturated carbocycles. The van der Waals surface area contributed by atoms with Gasteiger partial charge in [-0.15, -0.1) is 0 Å². The molecule has 0 fully saturated rings. The van der Waals surface area contributed by atoms with Gasteiger partial charge in [-0.1, -0.05) is 19.9 Å². The maximum atomic E-state index is 6.43. The zero-order chi connectivity index (χ0) is 12.9. The van der Waals surface area contributed by atoms with Gasteiger partial charge in [0.05, 0.1) is 0 Å². The van der Waals surface area contributed by atoms with E-state index >= 15 is 0 Å². The summed E-state index contributed by atoms with van der Waals surface area (Å²) >= 11 is 0. The summed E-state index contributed by atoms with van der Waals surface area (Å²) in [5.74, 6) is 0. The van der Waals surface area contributed by atoms with Crippen LogP contribution in [0.2, 0.25) is 0 Å². The van der Waals surface area contributed by atoms with Crippen LogP contribution in [-0.4, -0.2) is 35.6 Å². The summed E-state index contributed by atoms with van der Waals surface area (Å²) in [5.41, 5.74) is 7.57. The van der Waals surface area contributed by atoms with E-state index < -0.39 is 0 Å². The van der Waals surface area contributed by atoms with Gasteiger partial charge in [-0.3, -0.25) is 4.98 Å². The Bertz CT molecular complexity index is 317. The molecule has 96 valence electrons. The third-order valence-electron chi connectivity index (χ3n) is 3.96. The smallest absolute Gasteiger partial charge is 0.0419 e. The average molecular weight is 235 g/mol. The summed E-state index contributed by atoms with van der Waals surface area (Å²) in [6.07, 6.45) is 4.78. The predicted molar refractivity (Wildman–Crippen MR) is 72.9 cm³/mol. The second-order valence-corrected chi connectivity index (χ2v) is 4.84. The number of pyridine rings is 1. The Morgan fingerprint density at radius 2 is 1.94 bits per heavy atom. The van der Waals surface area contributed by atoms with Gasteiger partial charge in [-0.25, -0.2) is 0 Å². The molecule has 1 unspecified atom stereocenters. The molecule has 1 aromatic rings. The van der Waals surface area contributed by atoms with Gasteiger partial charge in [0.1, 0.15) is 0 Å². The molecule has 1 rings (SSSR count). The molecule has 1 heterocycles. The minimum absolute atomic E-state index is 0.0670. The molecule has 1 aromatic heterocycles. The Labute approximate surface area is 105 Å². The molecule has 2 N–H and O–H groups in total. The fraction of sp³-hybridized carbons (Fsp3) is 0.643. The van der Waals surface area contributed by atoms with E-state index in [1.807, 2.05) is 24.4 Å². The highest BCUT2D eigenvalue weighted by molar-refractivity contribution is 5.08. The quantitative estimate of drug-likeness (QED) is 0.821. The number of nitrogens with two attached hydrogens (primary N) is 1. The molecule has 0 saturated heterocycles. The lowest BCUT2D eigenvalue weighted by molar-refractivity contribution is 0.105. The van der Waals surface area contributed by atoms with Crippen molar-refractivity contribution in [3.63, 3.8) is 0 Å². The first-order valence-electron chi connectivity index (χ1n) is 6.39. The summed E-state index contributed by atoms with van der Waals surface area (Å²) < 4.78 is 0. The largest absolute Gasteiger partial charge is 0.326 e. The molecular weight excluding hydrogens is 210 g/mol. The summed E-state index contributed by atoms with van der Waals surface area (Å²) in [6, 6.07) is 6.12. The van der Waals surface area contributed by atoms with Crippen molar-refractivity contribution in [1.82, 2.24) is 9.88 Å². The molecule has 1 atom stereocenters. The van der Waals surface area contributed by atoms with Crippen molar-refractivity contribution < 1.29 is 0 Å². The lowest BCUT2D eigenvalue weighted by atomic mass is 9.81. The molecule has 0 aromatic carbocycles. The van der Waals surface area contributed by atoms with Crippen molar-refractivity contribution in [2.24, 2.45) is 5.73 Å². The van der Waals surface area contributed by atoms with Gasteiger partial charge < -0.3 is 10.6 Å². The summed E-state index contributed by atoms with van der Waals surface area (Å²) in [6.45, 7) is 4.42. The standard InChI is InChI=1S/C14H25N3/c1-5-14(6-2,17(3)4)13(15)11-12-9-7-8-10-16-12/h7-10,13H,5-6,11,15H2,1-4H3. The highest BCUT2D eigenvalue weighted by Gasteiger charge is 2.35. The van der Waals surface area contributed by atoms with E-state index in [1.165, 1.54) is 0 Å². The fourth-order valence-electron chi connectivity index (χ4n) is 2.67. The molecule has 0 aliphatic carbocycles. The summed E-state index contributed by atoms with van der Waals surface area (Å²) in [5, 5.41) is 0. The van der Waals surface area contributed by atoms with Crippen molar-refractivity contribution in [1.29, 1.82) is 0 Å². The Morgan fingerprint density at radius 3 is 2.35 bits per heavy atom. The summed E-state index contributed by atoms with van der Waals surface area (Å²) in [4.78, 5) is 6.63. The van der Waals surface area contributed by atoms with Gasteiger partial charge in [-0.2, -0.15) is 0 Å². The van der Waals surface area contributed by atoms with Gasteiger partial charge in [-0.05, 0) is 39.1 Å². The van der Waals surface area contributed by atoms with Crippen molar-refractivity contribution in [2.75, 3.05) is 14.1 Å². The van der Waals surface area contributed by atoms with Crippen LogP contribution in [0.25, 0.3) is 0 Å². The van der Waals surface area contributed by atoms with Crippen LogP contribution in [0.5, 0.6) is 0 Å². The number of rotatable bonds is 6. The Morgan fingerprint density at radius 1 is 1.29 bits per heavy atom. The van der Waals surface area contributed by atoms with Crippen LogP contribution in [0.3, 0.4) is 0 Å². The maximum absolute atomic E-state index is 6.43. The first-order chi connectivity index (χ1) is 8.06. The van der Waals surface area contributed by atoms with Crippen LogP contribution < -0.4 is 5.73 Å². The monoisotopic (exact) mass is 235 g/mol.